The molecule has 1 aliphatic rings. The maximum atomic E-state index is 13.6. The molecule has 2 heterocycles. The Kier molecular flexibility index (Phi) is 7.61. The molecule has 3 N–H and O–H groups in total. The number of rotatable bonds is 6. The lowest BCUT2D eigenvalue weighted by atomic mass is 9.98. The highest BCUT2D eigenvalue weighted by molar-refractivity contribution is 6.15. The average Bonchev–Trinajstić information content (AvgIpc) is 2.84. The van der Waals surface area contributed by atoms with Crippen molar-refractivity contribution >= 4 is 23.5 Å². The van der Waals surface area contributed by atoms with Gasteiger partial charge in [-0.25, -0.2) is 14.8 Å². The van der Waals surface area contributed by atoms with Crippen LogP contribution in [0, 0.1) is 6.92 Å². The van der Waals surface area contributed by atoms with E-state index < -0.39 is 5.60 Å². The number of carbonyl (C=O) groups excluding carboxylic acids is 2. The van der Waals surface area contributed by atoms with Crippen LogP contribution in [-0.2, 0) is 4.74 Å². The largest absolute Gasteiger partial charge is 0.457 e. The topological polar surface area (TPSA) is 120 Å². The number of nitrogens with one attached hydrogen (secondary N) is 1. The molecule has 1 fully saturated rings. The molecule has 37 heavy (non-hydrogen) atoms. The molecule has 4 rings (SSSR count). The number of aryl methyl sites for hydroxylation is 1. The number of carbonyl (C=O) groups is 2. The van der Waals surface area contributed by atoms with Crippen molar-refractivity contribution in [2.24, 2.45) is 0 Å². The molecule has 1 aliphatic heterocycles. The first kappa shape index (κ1) is 25.9. The number of hydrogen-bond donors (Lipinski definition) is 2. The molecule has 1 unspecified atom stereocenters. The monoisotopic (exact) mass is 503 g/mol. The molecule has 0 saturated carbocycles. The molecular weight excluding hydrogens is 470 g/mol. The lowest BCUT2D eigenvalue weighted by Gasteiger charge is -2.34. The zero-order valence-electron chi connectivity index (χ0n) is 21.7. The van der Waals surface area contributed by atoms with Gasteiger partial charge in [-0.1, -0.05) is 18.2 Å². The van der Waals surface area contributed by atoms with E-state index in [4.69, 9.17) is 15.2 Å². The van der Waals surface area contributed by atoms with Crippen molar-refractivity contribution in [1.82, 2.24) is 14.9 Å². The van der Waals surface area contributed by atoms with Crippen LogP contribution in [0.5, 0.6) is 11.5 Å². The fourth-order valence-electron chi connectivity index (χ4n) is 4.23. The number of ether oxygens (including phenoxy) is 2. The smallest absolute Gasteiger partial charge is 0.410 e. The normalized spacial score (nSPS) is 15.7. The number of hydrogen-bond acceptors (Lipinski definition) is 8. The number of amides is 1. The summed E-state index contributed by atoms with van der Waals surface area (Å²) in [5.74, 6) is 1.48. The van der Waals surface area contributed by atoms with Crippen LogP contribution in [-0.4, -0.2) is 51.5 Å². The Balaban J connectivity index is 1.52. The standard InChI is InChI=1S/C28H33N5O4/c1-18-15-21(36-20-10-6-5-7-11-20)12-13-22(18)24(34)23-25(29)30-17-31-26(23)32-19-9-8-14-33(16-19)27(35)37-28(2,3)4/h5-7,10-13,15,17,19H,8-9,14,16H2,1-4H3,(H3,29,30,31,32). The molecule has 0 bridgehead atoms. The summed E-state index contributed by atoms with van der Waals surface area (Å²) in [6, 6.07) is 14.6. The third-order valence-electron chi connectivity index (χ3n) is 5.94. The molecule has 0 radical (unpaired) electrons. The number of para-hydroxylation sites is 1. The maximum absolute atomic E-state index is 13.6. The van der Waals surface area contributed by atoms with Crippen LogP contribution in [0.15, 0.2) is 54.9 Å². The highest BCUT2D eigenvalue weighted by atomic mass is 16.6. The van der Waals surface area contributed by atoms with E-state index in [2.05, 4.69) is 15.3 Å². The molecular formula is C28H33N5O4. The molecule has 9 nitrogen and oxygen atoms in total. The molecule has 194 valence electrons. The number of ketones is 1. The summed E-state index contributed by atoms with van der Waals surface area (Å²) in [5, 5.41) is 3.33. The van der Waals surface area contributed by atoms with Crippen molar-refractivity contribution in [2.45, 2.75) is 52.2 Å². The summed E-state index contributed by atoms with van der Waals surface area (Å²) in [5.41, 5.74) is 7.02. The second-order valence-electron chi connectivity index (χ2n) is 10.1. The highest BCUT2D eigenvalue weighted by Gasteiger charge is 2.29. The fourth-order valence-corrected chi connectivity index (χ4v) is 4.23. The van der Waals surface area contributed by atoms with Crippen molar-refractivity contribution in [1.29, 1.82) is 0 Å². The summed E-state index contributed by atoms with van der Waals surface area (Å²) in [6.07, 6.45) is 2.57. The van der Waals surface area contributed by atoms with Gasteiger partial charge in [0, 0.05) is 24.7 Å². The van der Waals surface area contributed by atoms with Crippen molar-refractivity contribution in [3.05, 3.63) is 71.5 Å². The Morgan fingerprint density at radius 3 is 2.54 bits per heavy atom. The summed E-state index contributed by atoms with van der Waals surface area (Å²) >= 11 is 0. The van der Waals surface area contributed by atoms with Crippen LogP contribution in [0.4, 0.5) is 16.4 Å². The molecule has 9 heteroatoms. The number of aromatic nitrogens is 2. The number of anilines is 2. The van der Waals surface area contributed by atoms with E-state index in [1.807, 2.05) is 64.1 Å². The van der Waals surface area contributed by atoms with Crippen molar-refractivity contribution < 1.29 is 19.1 Å². The Morgan fingerprint density at radius 2 is 1.84 bits per heavy atom. The lowest BCUT2D eigenvalue weighted by molar-refractivity contribution is 0.0206. The van der Waals surface area contributed by atoms with Gasteiger partial charge in [-0.2, -0.15) is 0 Å². The zero-order chi connectivity index (χ0) is 26.6. The fraction of sp³-hybridized carbons (Fsp3) is 0.357. The van der Waals surface area contributed by atoms with E-state index in [1.165, 1.54) is 6.33 Å². The minimum Gasteiger partial charge on any atom is -0.457 e. The van der Waals surface area contributed by atoms with E-state index >= 15 is 0 Å². The van der Waals surface area contributed by atoms with E-state index in [9.17, 15) is 9.59 Å². The summed E-state index contributed by atoms with van der Waals surface area (Å²) < 4.78 is 11.4. The number of nitrogens with zero attached hydrogens (tertiary/aromatic N) is 3. The van der Waals surface area contributed by atoms with Gasteiger partial charge in [0.2, 0.25) is 5.78 Å². The van der Waals surface area contributed by atoms with Gasteiger partial charge in [-0.05, 0) is 76.4 Å². The summed E-state index contributed by atoms with van der Waals surface area (Å²) in [6.45, 7) is 8.41. The van der Waals surface area contributed by atoms with E-state index in [-0.39, 0.29) is 29.3 Å². The van der Waals surface area contributed by atoms with E-state index in [1.54, 1.807) is 17.0 Å². The Labute approximate surface area is 217 Å². The molecule has 3 aromatic rings. The van der Waals surface area contributed by atoms with Gasteiger partial charge in [0.05, 0.1) is 0 Å². The van der Waals surface area contributed by atoms with Crippen LogP contribution in [0.1, 0.15) is 55.1 Å². The summed E-state index contributed by atoms with van der Waals surface area (Å²) in [7, 11) is 0. The van der Waals surface area contributed by atoms with Gasteiger partial charge in [0.15, 0.2) is 0 Å². The summed E-state index contributed by atoms with van der Waals surface area (Å²) in [4.78, 5) is 36.3. The maximum Gasteiger partial charge on any atom is 0.410 e. The van der Waals surface area contributed by atoms with Gasteiger partial charge in [-0.15, -0.1) is 0 Å². The molecule has 2 aromatic carbocycles. The molecule has 1 atom stereocenters. The van der Waals surface area contributed by atoms with Gasteiger partial charge in [0.25, 0.3) is 0 Å². The molecule has 0 spiro atoms. The van der Waals surface area contributed by atoms with Crippen molar-refractivity contribution in [3.8, 4) is 11.5 Å². The SMILES string of the molecule is Cc1cc(Oc2ccccc2)ccc1C(=O)c1c(N)ncnc1NC1CCCN(C(=O)OC(C)(C)C)C1. The Bertz CT molecular complexity index is 1270. The van der Waals surface area contributed by atoms with Gasteiger partial charge < -0.3 is 25.4 Å². The van der Waals surface area contributed by atoms with Gasteiger partial charge in [-0.3, -0.25) is 4.79 Å². The second-order valence-corrected chi connectivity index (χ2v) is 10.1. The van der Waals surface area contributed by atoms with Crippen LogP contribution >= 0.6 is 0 Å². The first-order valence-corrected chi connectivity index (χ1v) is 12.3. The minimum atomic E-state index is -0.572. The number of nitrogens with two attached hydrogens (primary N) is 1. The average molecular weight is 504 g/mol. The predicted molar refractivity (Wildman–Crippen MR) is 142 cm³/mol. The lowest BCUT2D eigenvalue weighted by Crippen LogP contribution is -2.47. The predicted octanol–water partition coefficient (Wildman–Crippen LogP) is 5.20. The Hall–Kier alpha value is -4.14. The molecule has 0 aliphatic carbocycles. The van der Waals surface area contributed by atoms with Gasteiger partial charge in [0.1, 0.15) is 40.6 Å². The highest BCUT2D eigenvalue weighted by Crippen LogP contribution is 2.28. The molecule has 1 amide bonds. The third-order valence-corrected chi connectivity index (χ3v) is 5.94. The molecule has 1 aromatic heterocycles. The number of likely N-dealkylation sites (tertiary alicyclic amines) is 1. The van der Waals surface area contributed by atoms with Crippen molar-refractivity contribution in [3.63, 3.8) is 0 Å². The number of benzene rings is 2. The minimum absolute atomic E-state index is 0.0892. The van der Waals surface area contributed by atoms with Crippen LogP contribution in [0.2, 0.25) is 0 Å². The number of nitrogen functional groups attached to an aromatic ring is 1. The van der Waals surface area contributed by atoms with E-state index in [0.717, 1.165) is 18.4 Å². The first-order chi connectivity index (χ1) is 17.6. The molecule has 1 saturated heterocycles. The number of piperidine rings is 1. The van der Waals surface area contributed by atoms with Crippen LogP contribution in [0.3, 0.4) is 0 Å². The zero-order valence-corrected chi connectivity index (χ0v) is 21.7. The Morgan fingerprint density at radius 1 is 1.08 bits per heavy atom. The second kappa shape index (κ2) is 10.9. The quantitative estimate of drug-likeness (QED) is 0.440. The van der Waals surface area contributed by atoms with Crippen molar-refractivity contribution in [2.75, 3.05) is 24.1 Å². The third kappa shape index (κ3) is 6.55. The van der Waals surface area contributed by atoms with Gasteiger partial charge >= 0.3 is 6.09 Å². The van der Waals surface area contributed by atoms with E-state index in [0.29, 0.717) is 36.0 Å². The van der Waals surface area contributed by atoms with Crippen LogP contribution in [0.25, 0.3) is 0 Å². The van der Waals surface area contributed by atoms with Crippen LogP contribution < -0.4 is 15.8 Å². The first-order valence-electron chi connectivity index (χ1n) is 12.3.